The third kappa shape index (κ3) is 7.87. The maximum atomic E-state index is 7.10. The van der Waals surface area contributed by atoms with Gasteiger partial charge in [-0.1, -0.05) is 91.0 Å². The van der Waals surface area contributed by atoms with Crippen LogP contribution in [0.2, 0.25) is 36.3 Å². The van der Waals surface area contributed by atoms with Crippen molar-refractivity contribution in [3.05, 3.63) is 48.0 Å². The maximum Gasteiger partial charge on any atom is 0.192 e. The van der Waals surface area contributed by atoms with Crippen molar-refractivity contribution >= 4 is 16.6 Å². The van der Waals surface area contributed by atoms with Gasteiger partial charge in [0, 0.05) is 17.9 Å². The monoisotopic (exact) mass is 534 g/mol. The lowest BCUT2D eigenvalue weighted by Crippen LogP contribution is -2.56. The average Bonchev–Trinajstić information content (AvgIpc) is 2.74. The molecule has 1 aromatic rings. The van der Waals surface area contributed by atoms with Crippen LogP contribution in [-0.2, 0) is 24.9 Å². The fourth-order valence-electron chi connectivity index (χ4n) is 4.30. The average molecular weight is 535 g/mol. The van der Waals surface area contributed by atoms with E-state index in [2.05, 4.69) is 93.4 Å². The zero-order chi connectivity index (χ0) is 27.4. The van der Waals surface area contributed by atoms with Crippen molar-refractivity contribution in [1.29, 1.82) is 0 Å². The first-order valence-electron chi connectivity index (χ1n) is 13.6. The predicted octanol–water partition coefficient (Wildman–Crippen LogP) is 8.56. The van der Waals surface area contributed by atoms with Crippen molar-refractivity contribution in [2.24, 2.45) is 11.3 Å². The molecule has 0 amide bonds. The summed E-state index contributed by atoms with van der Waals surface area (Å²) >= 11 is 0. The predicted molar refractivity (Wildman–Crippen MR) is 157 cm³/mol. The van der Waals surface area contributed by atoms with Gasteiger partial charge in [0.1, 0.15) is 6.79 Å². The van der Waals surface area contributed by atoms with Crippen LogP contribution in [0.5, 0.6) is 0 Å². The van der Waals surface area contributed by atoms with Gasteiger partial charge in [0.05, 0.1) is 19.3 Å². The molecule has 0 aliphatic heterocycles. The van der Waals surface area contributed by atoms with Gasteiger partial charge in [-0.15, -0.1) is 0 Å². The summed E-state index contributed by atoms with van der Waals surface area (Å²) in [5.41, 5.74) is 2.18. The molecule has 0 bridgehead atoms. The molecule has 1 aromatic carbocycles. The van der Waals surface area contributed by atoms with Crippen molar-refractivity contribution in [2.75, 3.05) is 20.0 Å². The molecule has 1 aliphatic carbocycles. The highest BCUT2D eigenvalue weighted by molar-refractivity contribution is 6.74. The second-order valence-electron chi connectivity index (χ2n) is 14.0. The molecule has 6 heteroatoms. The summed E-state index contributed by atoms with van der Waals surface area (Å²) in [4.78, 5) is 0. The third-order valence-corrected chi connectivity index (χ3v) is 18.1. The zero-order valence-corrected chi connectivity index (χ0v) is 27.1. The minimum absolute atomic E-state index is 0.103. The Bertz CT molecular complexity index is 839. The Morgan fingerprint density at radius 3 is 2.06 bits per heavy atom. The molecule has 1 saturated carbocycles. The molecule has 0 saturated heterocycles. The van der Waals surface area contributed by atoms with Crippen LogP contribution in [0.25, 0.3) is 0 Å². The minimum Gasteiger partial charge on any atom is -0.416 e. The smallest absolute Gasteiger partial charge is 0.192 e. The highest BCUT2D eigenvalue weighted by atomic mass is 28.4. The lowest BCUT2D eigenvalue weighted by Gasteiger charge is -2.52. The zero-order valence-electron chi connectivity index (χ0n) is 25.1. The Morgan fingerprint density at radius 2 is 1.50 bits per heavy atom. The largest absolute Gasteiger partial charge is 0.416 e. The number of hydrogen-bond acceptors (Lipinski definition) is 4. The Morgan fingerprint density at radius 1 is 0.917 bits per heavy atom. The van der Waals surface area contributed by atoms with Gasteiger partial charge in [-0.2, -0.15) is 0 Å². The Hall–Kier alpha value is -0.766. The molecule has 4 nitrogen and oxygen atoms in total. The van der Waals surface area contributed by atoms with Gasteiger partial charge in [0.2, 0.25) is 0 Å². The Labute approximate surface area is 224 Å². The molecule has 0 spiro atoms. The standard InChI is InChI=1S/C30H54O4Si2/c1-24-18-19-27(34-36(11,12)29(5,6)7)30(8,26(24)21-33-35(9,10)28(2,3)4)22-32-23-31-20-25-16-14-13-15-17-25/h13-17,26-27H,1,18-23H2,2-12H3/t26-,27+,30+/m1/s1. The van der Waals surface area contributed by atoms with Crippen molar-refractivity contribution in [1.82, 2.24) is 0 Å². The van der Waals surface area contributed by atoms with Crippen LogP contribution in [0.15, 0.2) is 42.5 Å². The second-order valence-corrected chi connectivity index (χ2v) is 23.6. The lowest BCUT2D eigenvalue weighted by atomic mass is 9.64. The van der Waals surface area contributed by atoms with Crippen LogP contribution in [-0.4, -0.2) is 42.7 Å². The highest BCUT2D eigenvalue weighted by Gasteiger charge is 2.51. The van der Waals surface area contributed by atoms with E-state index in [0.717, 1.165) is 18.4 Å². The highest BCUT2D eigenvalue weighted by Crippen LogP contribution is 2.49. The van der Waals surface area contributed by atoms with Crippen molar-refractivity contribution in [3.8, 4) is 0 Å². The van der Waals surface area contributed by atoms with E-state index in [-0.39, 0.29) is 34.3 Å². The first-order chi connectivity index (χ1) is 16.4. The number of benzene rings is 1. The molecule has 0 heterocycles. The van der Waals surface area contributed by atoms with Crippen LogP contribution in [0.1, 0.15) is 66.9 Å². The van der Waals surface area contributed by atoms with Crippen molar-refractivity contribution < 1.29 is 18.3 Å². The van der Waals surface area contributed by atoms with Crippen molar-refractivity contribution in [2.45, 2.75) is 110 Å². The summed E-state index contributed by atoms with van der Waals surface area (Å²) in [5, 5.41) is 0.313. The molecule has 0 radical (unpaired) electrons. The van der Waals surface area contributed by atoms with E-state index in [0.29, 0.717) is 19.8 Å². The second kappa shape index (κ2) is 12.0. The first kappa shape index (κ1) is 31.5. The fourth-order valence-corrected chi connectivity index (χ4v) is 6.77. The summed E-state index contributed by atoms with van der Waals surface area (Å²) in [6, 6.07) is 10.2. The van der Waals surface area contributed by atoms with Gasteiger partial charge in [-0.05, 0) is 54.7 Å². The van der Waals surface area contributed by atoms with Crippen LogP contribution < -0.4 is 0 Å². The van der Waals surface area contributed by atoms with E-state index in [1.165, 1.54) is 5.57 Å². The van der Waals surface area contributed by atoms with E-state index in [1.54, 1.807) is 0 Å². The molecule has 36 heavy (non-hydrogen) atoms. The molecule has 206 valence electrons. The molecular formula is C30H54O4Si2. The van der Waals surface area contributed by atoms with Gasteiger partial charge in [-0.3, -0.25) is 0 Å². The van der Waals surface area contributed by atoms with Gasteiger partial charge in [0.25, 0.3) is 0 Å². The van der Waals surface area contributed by atoms with Gasteiger partial charge in [0.15, 0.2) is 16.6 Å². The van der Waals surface area contributed by atoms with E-state index in [1.807, 2.05) is 18.2 Å². The van der Waals surface area contributed by atoms with Crippen LogP contribution in [0.4, 0.5) is 0 Å². The summed E-state index contributed by atoms with van der Waals surface area (Å²) in [6.45, 7) is 32.1. The molecule has 0 unspecified atom stereocenters. The SMILES string of the molecule is C=C1CC[C@H](O[Si](C)(C)C(C)(C)C)[C@@](C)(COCOCc2ccccc2)[C@@H]1CO[Si](C)(C)C(C)(C)C. The molecule has 0 N–H and O–H groups in total. The lowest BCUT2D eigenvalue weighted by molar-refractivity contribution is -0.129. The van der Waals surface area contributed by atoms with Crippen molar-refractivity contribution in [3.63, 3.8) is 0 Å². The summed E-state index contributed by atoms with van der Waals surface area (Å²) in [7, 11) is -3.87. The fraction of sp³-hybridized carbons (Fsp3) is 0.733. The van der Waals surface area contributed by atoms with E-state index < -0.39 is 16.6 Å². The summed E-state index contributed by atoms with van der Waals surface area (Å²) in [6.07, 6.45) is 2.06. The number of hydrogen-bond donors (Lipinski definition) is 0. The molecule has 3 atom stereocenters. The minimum atomic E-state index is -1.97. The van der Waals surface area contributed by atoms with Gasteiger partial charge < -0.3 is 18.3 Å². The van der Waals surface area contributed by atoms with E-state index >= 15 is 0 Å². The quantitative estimate of drug-likeness (QED) is 0.123. The molecule has 0 aromatic heterocycles. The Balaban J connectivity index is 2.21. The number of ether oxygens (including phenoxy) is 2. The third-order valence-electron chi connectivity index (χ3n) is 9.10. The Kier molecular flexibility index (Phi) is 10.4. The van der Waals surface area contributed by atoms with Crippen LogP contribution in [0.3, 0.4) is 0 Å². The molecule has 2 rings (SSSR count). The molecule has 1 aliphatic rings. The summed E-state index contributed by atoms with van der Waals surface area (Å²) < 4.78 is 26.0. The van der Waals surface area contributed by atoms with E-state index in [4.69, 9.17) is 18.3 Å². The van der Waals surface area contributed by atoms with Crippen LogP contribution in [0, 0.1) is 11.3 Å². The normalized spacial score (nSPS) is 24.2. The van der Waals surface area contributed by atoms with Gasteiger partial charge in [-0.25, -0.2) is 0 Å². The van der Waals surface area contributed by atoms with Crippen LogP contribution >= 0.6 is 0 Å². The van der Waals surface area contributed by atoms with Gasteiger partial charge >= 0.3 is 0 Å². The molecule has 1 fully saturated rings. The summed E-state index contributed by atoms with van der Waals surface area (Å²) in [5.74, 6) is 0.185. The topological polar surface area (TPSA) is 36.9 Å². The van der Waals surface area contributed by atoms with E-state index in [9.17, 15) is 0 Å². The first-order valence-corrected chi connectivity index (χ1v) is 19.4. The molecular weight excluding hydrogens is 480 g/mol. The maximum absolute atomic E-state index is 7.10. The number of rotatable bonds is 11.